The second kappa shape index (κ2) is 5.97. The number of alkyl halides is 1. The molecule has 1 aromatic heterocycles. The molecule has 0 aliphatic rings. The van der Waals surface area contributed by atoms with Crippen LogP contribution in [-0.2, 0) is 0 Å². The van der Waals surface area contributed by atoms with Crippen molar-refractivity contribution in [2.75, 3.05) is 26.1 Å². The maximum Gasteiger partial charge on any atom is 0.161 e. The first-order chi connectivity index (χ1) is 9.15. The summed E-state index contributed by atoms with van der Waals surface area (Å²) >= 11 is 5.95. The van der Waals surface area contributed by atoms with E-state index in [-0.39, 0.29) is 5.38 Å². The van der Waals surface area contributed by atoms with E-state index in [4.69, 9.17) is 21.1 Å². The number of fused-ring (bicyclic) bond motifs is 1. The highest BCUT2D eigenvalue weighted by Gasteiger charge is 2.09. The highest BCUT2D eigenvalue weighted by atomic mass is 35.5. The molecule has 1 heterocycles. The van der Waals surface area contributed by atoms with Crippen LogP contribution < -0.4 is 14.8 Å². The van der Waals surface area contributed by atoms with Gasteiger partial charge in [-0.05, 0) is 30.5 Å². The van der Waals surface area contributed by atoms with Crippen LogP contribution in [0, 0.1) is 0 Å². The Morgan fingerprint density at radius 1 is 1.26 bits per heavy atom. The highest BCUT2D eigenvalue weighted by molar-refractivity contribution is 6.20. The molecule has 2 aromatic rings. The first-order valence-electron chi connectivity index (χ1n) is 6.04. The molecular weight excluding hydrogens is 264 g/mol. The van der Waals surface area contributed by atoms with Gasteiger partial charge in [-0.1, -0.05) is 0 Å². The van der Waals surface area contributed by atoms with Crippen LogP contribution in [0.2, 0.25) is 0 Å². The van der Waals surface area contributed by atoms with Crippen molar-refractivity contribution in [1.29, 1.82) is 0 Å². The van der Waals surface area contributed by atoms with Crippen molar-refractivity contribution in [2.24, 2.45) is 0 Å². The molecule has 1 atom stereocenters. The Labute approximate surface area is 117 Å². The van der Waals surface area contributed by atoms with Crippen molar-refractivity contribution in [1.82, 2.24) is 4.98 Å². The molecule has 0 bridgehead atoms. The summed E-state index contributed by atoms with van der Waals surface area (Å²) in [6, 6.07) is 5.79. The number of halogens is 1. The molecule has 0 spiro atoms. The van der Waals surface area contributed by atoms with Gasteiger partial charge in [0.05, 0.1) is 14.2 Å². The summed E-state index contributed by atoms with van der Waals surface area (Å²) in [6.07, 6.45) is 1.76. The average Bonchev–Trinajstić information content (AvgIpc) is 2.43. The number of ether oxygens (including phenoxy) is 2. The third-order valence-electron chi connectivity index (χ3n) is 2.82. The van der Waals surface area contributed by atoms with Gasteiger partial charge in [0.25, 0.3) is 0 Å². The Kier molecular flexibility index (Phi) is 4.32. The summed E-state index contributed by atoms with van der Waals surface area (Å²) in [7, 11) is 3.24. The van der Waals surface area contributed by atoms with Crippen LogP contribution in [-0.4, -0.2) is 31.1 Å². The van der Waals surface area contributed by atoms with E-state index in [1.54, 1.807) is 20.4 Å². The molecule has 0 fully saturated rings. The second-order valence-electron chi connectivity index (χ2n) is 4.25. The van der Waals surface area contributed by atoms with E-state index in [0.29, 0.717) is 18.0 Å². The minimum atomic E-state index is 0.0391. The fourth-order valence-electron chi connectivity index (χ4n) is 1.88. The molecule has 0 aliphatic heterocycles. The lowest BCUT2D eigenvalue weighted by Gasteiger charge is -2.13. The standard InChI is InChI=1S/C14H17ClN2O2/c1-9(15)8-17-14-11-7-13(19-3)12(18-2)6-10(11)4-5-16-14/h4-7,9H,8H2,1-3H3,(H,16,17). The topological polar surface area (TPSA) is 43.4 Å². The number of rotatable bonds is 5. The average molecular weight is 281 g/mol. The molecule has 0 radical (unpaired) electrons. The Bertz CT molecular complexity index is 573. The fraction of sp³-hybridized carbons (Fsp3) is 0.357. The van der Waals surface area contributed by atoms with Crippen LogP contribution in [0.5, 0.6) is 11.5 Å². The maximum atomic E-state index is 5.95. The van der Waals surface area contributed by atoms with Crippen LogP contribution in [0.15, 0.2) is 24.4 Å². The molecule has 0 saturated heterocycles. The molecule has 5 heteroatoms. The summed E-state index contributed by atoms with van der Waals surface area (Å²) in [5.41, 5.74) is 0. The largest absolute Gasteiger partial charge is 0.493 e. The highest BCUT2D eigenvalue weighted by Crippen LogP contribution is 2.34. The molecule has 0 amide bonds. The van der Waals surface area contributed by atoms with E-state index in [9.17, 15) is 0 Å². The van der Waals surface area contributed by atoms with Crippen LogP contribution >= 0.6 is 11.6 Å². The Hall–Kier alpha value is -1.68. The molecule has 1 unspecified atom stereocenters. The van der Waals surface area contributed by atoms with E-state index in [0.717, 1.165) is 16.6 Å². The summed E-state index contributed by atoms with van der Waals surface area (Å²) in [6.45, 7) is 2.59. The lowest BCUT2D eigenvalue weighted by atomic mass is 10.1. The fourth-order valence-corrected chi connectivity index (χ4v) is 1.95. The number of methoxy groups -OCH3 is 2. The lowest BCUT2D eigenvalue weighted by Crippen LogP contribution is -2.11. The molecule has 1 N–H and O–H groups in total. The number of benzene rings is 1. The number of aromatic nitrogens is 1. The molecule has 19 heavy (non-hydrogen) atoms. The van der Waals surface area contributed by atoms with Crippen molar-refractivity contribution in [2.45, 2.75) is 12.3 Å². The van der Waals surface area contributed by atoms with Crippen molar-refractivity contribution in [3.05, 3.63) is 24.4 Å². The van der Waals surface area contributed by atoms with Gasteiger partial charge < -0.3 is 14.8 Å². The third-order valence-corrected chi connectivity index (χ3v) is 2.97. The molecule has 1 aromatic carbocycles. The van der Waals surface area contributed by atoms with Crippen LogP contribution in [0.3, 0.4) is 0 Å². The van der Waals surface area contributed by atoms with Gasteiger partial charge in [-0.25, -0.2) is 4.98 Å². The zero-order chi connectivity index (χ0) is 13.8. The number of nitrogens with one attached hydrogen (secondary N) is 1. The van der Waals surface area contributed by atoms with Gasteiger partial charge in [-0.15, -0.1) is 11.6 Å². The number of anilines is 1. The first-order valence-corrected chi connectivity index (χ1v) is 6.48. The second-order valence-corrected chi connectivity index (χ2v) is 4.99. The van der Waals surface area contributed by atoms with Crippen molar-refractivity contribution in [3.63, 3.8) is 0 Å². The van der Waals surface area contributed by atoms with Crippen LogP contribution in [0.25, 0.3) is 10.8 Å². The van der Waals surface area contributed by atoms with E-state index < -0.39 is 0 Å². The van der Waals surface area contributed by atoms with E-state index in [1.165, 1.54) is 0 Å². The van der Waals surface area contributed by atoms with E-state index in [1.807, 2.05) is 25.1 Å². The van der Waals surface area contributed by atoms with Crippen molar-refractivity contribution < 1.29 is 9.47 Å². The minimum absolute atomic E-state index is 0.0391. The van der Waals surface area contributed by atoms with Crippen LogP contribution in [0.4, 0.5) is 5.82 Å². The predicted octanol–water partition coefficient (Wildman–Crippen LogP) is 3.29. The molecule has 4 nitrogen and oxygen atoms in total. The first kappa shape index (κ1) is 13.7. The summed E-state index contributed by atoms with van der Waals surface area (Å²) in [4.78, 5) is 4.34. The van der Waals surface area contributed by atoms with Crippen molar-refractivity contribution in [3.8, 4) is 11.5 Å². The maximum absolute atomic E-state index is 5.95. The Morgan fingerprint density at radius 3 is 2.58 bits per heavy atom. The van der Waals surface area contributed by atoms with Gasteiger partial charge in [-0.2, -0.15) is 0 Å². The van der Waals surface area contributed by atoms with E-state index in [2.05, 4.69) is 10.3 Å². The summed E-state index contributed by atoms with van der Waals surface area (Å²) < 4.78 is 10.6. The zero-order valence-corrected chi connectivity index (χ0v) is 12.0. The Morgan fingerprint density at radius 2 is 1.95 bits per heavy atom. The van der Waals surface area contributed by atoms with Crippen LogP contribution in [0.1, 0.15) is 6.92 Å². The monoisotopic (exact) mass is 280 g/mol. The van der Waals surface area contributed by atoms with E-state index >= 15 is 0 Å². The summed E-state index contributed by atoms with van der Waals surface area (Å²) in [5, 5.41) is 5.30. The van der Waals surface area contributed by atoms with Gasteiger partial charge in [0.2, 0.25) is 0 Å². The van der Waals surface area contributed by atoms with Gasteiger partial charge in [-0.3, -0.25) is 0 Å². The van der Waals surface area contributed by atoms with Gasteiger partial charge in [0.15, 0.2) is 11.5 Å². The normalized spacial score (nSPS) is 12.2. The quantitative estimate of drug-likeness (QED) is 0.854. The number of nitrogens with zero attached hydrogens (tertiary/aromatic N) is 1. The van der Waals surface area contributed by atoms with Crippen molar-refractivity contribution >= 4 is 28.2 Å². The predicted molar refractivity (Wildman–Crippen MR) is 78.7 cm³/mol. The lowest BCUT2D eigenvalue weighted by molar-refractivity contribution is 0.356. The third kappa shape index (κ3) is 3.01. The molecule has 102 valence electrons. The SMILES string of the molecule is COc1cc2ccnc(NCC(C)Cl)c2cc1OC. The number of pyridine rings is 1. The van der Waals surface area contributed by atoms with Gasteiger partial charge >= 0.3 is 0 Å². The number of hydrogen-bond acceptors (Lipinski definition) is 4. The minimum Gasteiger partial charge on any atom is -0.493 e. The summed E-state index contributed by atoms with van der Waals surface area (Å²) in [5.74, 6) is 2.19. The molecule has 0 aliphatic carbocycles. The molecule has 0 saturated carbocycles. The Balaban J connectivity index is 2.48. The number of hydrogen-bond donors (Lipinski definition) is 1. The molecular formula is C14H17ClN2O2. The smallest absolute Gasteiger partial charge is 0.161 e. The van der Waals surface area contributed by atoms with Gasteiger partial charge in [0, 0.05) is 23.5 Å². The zero-order valence-electron chi connectivity index (χ0n) is 11.2. The van der Waals surface area contributed by atoms with Gasteiger partial charge in [0.1, 0.15) is 5.82 Å². The molecule has 2 rings (SSSR count).